The monoisotopic (exact) mass is 378 g/mol. The van der Waals surface area contributed by atoms with Crippen molar-refractivity contribution >= 4 is 8.58 Å². The minimum atomic E-state index is -0.121. The lowest BCUT2D eigenvalue weighted by Gasteiger charge is -2.23. The molecule has 3 atom stereocenters. The average molecular weight is 379 g/mol. The molecule has 1 aliphatic carbocycles. The lowest BCUT2D eigenvalue weighted by atomic mass is 9.87. The summed E-state index contributed by atoms with van der Waals surface area (Å²) in [5, 5.41) is 0. The van der Waals surface area contributed by atoms with E-state index in [1.165, 1.54) is 50.5 Å². The predicted octanol–water partition coefficient (Wildman–Crippen LogP) is 7.18. The van der Waals surface area contributed by atoms with Gasteiger partial charge in [0.1, 0.15) is 5.75 Å². The summed E-state index contributed by atoms with van der Waals surface area (Å²) in [4.78, 5) is 0. The van der Waals surface area contributed by atoms with E-state index in [-0.39, 0.29) is 6.29 Å². The molecule has 0 bridgehead atoms. The number of hydrogen-bond acceptors (Lipinski definition) is 2. The highest BCUT2D eigenvalue weighted by atomic mass is 31.1. The smallest absolute Gasteiger partial charge is 0.199 e. The van der Waals surface area contributed by atoms with Crippen LogP contribution >= 0.6 is 8.58 Å². The quantitative estimate of drug-likeness (QED) is 0.300. The molecule has 0 aromatic heterocycles. The SMILES string of the molecule is CCC(OCCC1CCCCC1)Oc1ccc(C(CC(C)C)PC)cc1. The first-order valence-electron chi connectivity index (χ1n) is 10.7. The first-order valence-corrected chi connectivity index (χ1v) is 12.3. The van der Waals surface area contributed by atoms with Gasteiger partial charge in [-0.15, -0.1) is 8.58 Å². The Bertz CT molecular complexity index is 479. The molecule has 26 heavy (non-hydrogen) atoms. The molecule has 3 unspecified atom stereocenters. The summed E-state index contributed by atoms with van der Waals surface area (Å²) >= 11 is 0. The first kappa shape index (κ1) is 21.7. The normalized spacial score (nSPS) is 18.5. The van der Waals surface area contributed by atoms with Crippen molar-refractivity contribution in [1.82, 2.24) is 0 Å². The molecule has 2 rings (SSSR count). The third kappa shape index (κ3) is 7.57. The van der Waals surface area contributed by atoms with E-state index in [9.17, 15) is 0 Å². The number of benzene rings is 1. The maximum Gasteiger partial charge on any atom is 0.199 e. The summed E-state index contributed by atoms with van der Waals surface area (Å²) in [6.07, 6.45) is 10.2. The van der Waals surface area contributed by atoms with E-state index in [4.69, 9.17) is 9.47 Å². The van der Waals surface area contributed by atoms with Crippen LogP contribution in [0, 0.1) is 11.8 Å². The van der Waals surface area contributed by atoms with Gasteiger partial charge in [-0.05, 0) is 49.0 Å². The summed E-state index contributed by atoms with van der Waals surface area (Å²) in [5.74, 6) is 2.54. The van der Waals surface area contributed by atoms with Gasteiger partial charge < -0.3 is 9.47 Å². The Morgan fingerprint density at radius 2 is 1.77 bits per heavy atom. The Balaban J connectivity index is 1.79. The van der Waals surface area contributed by atoms with Crippen molar-refractivity contribution in [3.63, 3.8) is 0 Å². The van der Waals surface area contributed by atoms with Crippen molar-refractivity contribution in [2.24, 2.45) is 11.8 Å². The van der Waals surface area contributed by atoms with Crippen LogP contribution in [-0.4, -0.2) is 19.6 Å². The van der Waals surface area contributed by atoms with Crippen LogP contribution in [0.1, 0.15) is 83.4 Å². The van der Waals surface area contributed by atoms with Crippen molar-refractivity contribution in [3.8, 4) is 5.75 Å². The fraction of sp³-hybridized carbons (Fsp3) is 0.739. The number of hydrogen-bond donors (Lipinski definition) is 0. The Kier molecular flexibility index (Phi) is 10.0. The molecule has 1 fully saturated rings. The van der Waals surface area contributed by atoms with Crippen LogP contribution < -0.4 is 4.74 Å². The van der Waals surface area contributed by atoms with Crippen molar-refractivity contribution in [2.45, 2.75) is 84.1 Å². The summed E-state index contributed by atoms with van der Waals surface area (Å²) < 4.78 is 12.1. The molecule has 0 spiro atoms. The highest BCUT2D eigenvalue weighted by molar-refractivity contribution is 7.37. The Morgan fingerprint density at radius 3 is 2.35 bits per heavy atom. The van der Waals surface area contributed by atoms with Gasteiger partial charge in [0.15, 0.2) is 6.29 Å². The van der Waals surface area contributed by atoms with E-state index in [0.717, 1.165) is 39.2 Å². The summed E-state index contributed by atoms with van der Waals surface area (Å²) in [5.41, 5.74) is 2.12. The molecule has 2 nitrogen and oxygen atoms in total. The van der Waals surface area contributed by atoms with E-state index in [0.29, 0.717) is 5.66 Å². The number of rotatable bonds is 11. The van der Waals surface area contributed by atoms with Gasteiger partial charge >= 0.3 is 0 Å². The molecule has 0 heterocycles. The van der Waals surface area contributed by atoms with Crippen LogP contribution in [0.3, 0.4) is 0 Å². The molecule has 1 aliphatic rings. The van der Waals surface area contributed by atoms with Gasteiger partial charge in [0, 0.05) is 12.1 Å². The molecule has 0 aliphatic heterocycles. The van der Waals surface area contributed by atoms with Gasteiger partial charge in [0.25, 0.3) is 0 Å². The van der Waals surface area contributed by atoms with Crippen LogP contribution in [0.2, 0.25) is 0 Å². The van der Waals surface area contributed by atoms with Crippen LogP contribution in [0.5, 0.6) is 5.75 Å². The molecule has 148 valence electrons. The third-order valence-corrected chi connectivity index (χ3v) is 6.76. The van der Waals surface area contributed by atoms with Crippen LogP contribution in [0.4, 0.5) is 0 Å². The molecule has 3 heteroatoms. The Morgan fingerprint density at radius 1 is 1.08 bits per heavy atom. The van der Waals surface area contributed by atoms with E-state index >= 15 is 0 Å². The van der Waals surface area contributed by atoms with Crippen molar-refractivity contribution in [2.75, 3.05) is 13.3 Å². The summed E-state index contributed by atoms with van der Waals surface area (Å²) in [7, 11) is 0.948. The van der Waals surface area contributed by atoms with Gasteiger partial charge in [0.05, 0.1) is 6.61 Å². The number of ether oxygens (including phenoxy) is 2. The molecular weight excluding hydrogens is 339 g/mol. The molecule has 1 aromatic carbocycles. The highest BCUT2D eigenvalue weighted by Crippen LogP contribution is 2.38. The summed E-state index contributed by atoms with van der Waals surface area (Å²) in [6, 6.07) is 8.73. The lowest BCUT2D eigenvalue weighted by molar-refractivity contribution is -0.0856. The maximum atomic E-state index is 6.08. The molecule has 1 aromatic rings. The van der Waals surface area contributed by atoms with E-state index in [1.807, 2.05) is 0 Å². The molecule has 0 N–H and O–H groups in total. The van der Waals surface area contributed by atoms with Gasteiger partial charge in [-0.3, -0.25) is 0 Å². The topological polar surface area (TPSA) is 18.5 Å². The minimum Gasteiger partial charge on any atom is -0.465 e. The highest BCUT2D eigenvalue weighted by Gasteiger charge is 2.16. The molecule has 0 amide bonds. The second-order valence-electron chi connectivity index (χ2n) is 8.16. The van der Waals surface area contributed by atoms with Crippen molar-refractivity contribution in [1.29, 1.82) is 0 Å². The van der Waals surface area contributed by atoms with Crippen molar-refractivity contribution in [3.05, 3.63) is 29.8 Å². The average Bonchev–Trinajstić information content (AvgIpc) is 2.66. The van der Waals surface area contributed by atoms with Gasteiger partial charge in [0.2, 0.25) is 0 Å². The molecular formula is C23H39O2P. The van der Waals surface area contributed by atoms with Gasteiger partial charge in [-0.2, -0.15) is 0 Å². The fourth-order valence-corrected chi connectivity index (χ4v) is 5.13. The second kappa shape index (κ2) is 12.0. The molecule has 0 saturated heterocycles. The Hall–Kier alpha value is -0.590. The van der Waals surface area contributed by atoms with Gasteiger partial charge in [-0.25, -0.2) is 0 Å². The van der Waals surface area contributed by atoms with Gasteiger partial charge in [-0.1, -0.05) is 65.0 Å². The Labute approximate surface area is 163 Å². The minimum absolute atomic E-state index is 0.121. The predicted molar refractivity (Wildman–Crippen MR) is 115 cm³/mol. The zero-order valence-electron chi connectivity index (χ0n) is 17.3. The first-order chi connectivity index (χ1) is 12.6. The fourth-order valence-electron chi connectivity index (χ4n) is 3.90. The molecule has 1 saturated carbocycles. The standard InChI is InChI=1S/C23H39O2P/c1-5-23(24-16-15-19-9-7-6-8-10-19)25-21-13-11-20(12-14-21)22(26-4)17-18(2)3/h11-14,18-19,22-23,26H,5-10,15-17H2,1-4H3. The van der Waals surface area contributed by atoms with E-state index < -0.39 is 0 Å². The summed E-state index contributed by atoms with van der Waals surface area (Å²) in [6.45, 7) is 9.89. The van der Waals surface area contributed by atoms with Crippen LogP contribution in [0.15, 0.2) is 24.3 Å². The zero-order chi connectivity index (χ0) is 18.8. The van der Waals surface area contributed by atoms with Crippen molar-refractivity contribution < 1.29 is 9.47 Å². The largest absolute Gasteiger partial charge is 0.465 e. The van der Waals surface area contributed by atoms with Crippen LogP contribution in [0.25, 0.3) is 0 Å². The second-order valence-corrected chi connectivity index (χ2v) is 9.43. The third-order valence-electron chi connectivity index (χ3n) is 5.49. The maximum absolute atomic E-state index is 6.08. The van der Waals surface area contributed by atoms with Crippen LogP contribution in [-0.2, 0) is 4.74 Å². The van der Waals surface area contributed by atoms with E-state index in [2.05, 4.69) is 51.7 Å². The lowest BCUT2D eigenvalue weighted by Crippen LogP contribution is -2.21. The van der Waals surface area contributed by atoms with E-state index in [1.54, 1.807) is 0 Å². The molecule has 0 radical (unpaired) electrons. The zero-order valence-corrected chi connectivity index (χ0v) is 18.3.